The predicted molar refractivity (Wildman–Crippen MR) is 80.4 cm³/mol. The molecule has 1 amide bonds. The number of furan rings is 1. The fourth-order valence-corrected chi connectivity index (χ4v) is 2.82. The van der Waals surface area contributed by atoms with E-state index in [1.807, 2.05) is 29.6 Å². The zero-order valence-electron chi connectivity index (χ0n) is 11.3. The molecule has 2 heterocycles. The van der Waals surface area contributed by atoms with E-state index < -0.39 is 0 Å². The van der Waals surface area contributed by atoms with Crippen LogP contribution in [0.4, 0.5) is 0 Å². The molecule has 1 N–H and O–H groups in total. The Labute approximate surface area is 122 Å². The molecule has 1 aliphatic rings. The van der Waals surface area contributed by atoms with E-state index in [4.69, 9.17) is 4.42 Å². The molecule has 1 saturated carbocycles. The van der Waals surface area contributed by atoms with Crippen LogP contribution in [0.25, 0.3) is 6.08 Å². The van der Waals surface area contributed by atoms with Crippen LogP contribution >= 0.6 is 11.3 Å². The van der Waals surface area contributed by atoms with Crippen molar-refractivity contribution in [3.8, 4) is 0 Å². The Kier molecular flexibility index (Phi) is 3.74. The second-order valence-electron chi connectivity index (χ2n) is 5.19. The van der Waals surface area contributed by atoms with Crippen molar-refractivity contribution < 1.29 is 9.21 Å². The van der Waals surface area contributed by atoms with E-state index in [2.05, 4.69) is 12.2 Å². The molecular formula is C16H17NO2S. The van der Waals surface area contributed by atoms with E-state index in [0.717, 1.165) is 22.3 Å². The fourth-order valence-electron chi connectivity index (χ4n) is 2.18. The molecule has 0 aliphatic heterocycles. The third-order valence-electron chi connectivity index (χ3n) is 3.54. The molecule has 3 rings (SSSR count). The number of carbonyl (C=O) groups excluding carboxylic acids is 1. The van der Waals surface area contributed by atoms with Gasteiger partial charge in [0.25, 0.3) is 0 Å². The van der Waals surface area contributed by atoms with Crippen LogP contribution in [-0.4, -0.2) is 5.91 Å². The molecule has 2 aromatic heterocycles. The lowest BCUT2D eigenvalue weighted by Crippen LogP contribution is -2.19. The highest BCUT2D eigenvalue weighted by Crippen LogP contribution is 2.47. The lowest BCUT2D eigenvalue weighted by atomic mass is 10.3. The summed E-state index contributed by atoms with van der Waals surface area (Å²) >= 11 is 1.64. The molecule has 0 radical (unpaired) electrons. The third-order valence-corrected chi connectivity index (χ3v) is 4.41. The van der Waals surface area contributed by atoms with Gasteiger partial charge in [0.1, 0.15) is 11.5 Å². The molecule has 2 aromatic rings. The van der Waals surface area contributed by atoms with Gasteiger partial charge in [-0.1, -0.05) is 13.0 Å². The minimum absolute atomic E-state index is 0.101. The zero-order valence-corrected chi connectivity index (χ0v) is 12.2. The standard InChI is InChI=1S/C16H17NO2S/c1-11-9-14(11)15-6-4-12(19-15)5-7-16(18)17-10-13-3-2-8-20-13/h2-8,11,14H,9-10H2,1H3,(H,17,18)/b7-5+. The molecular weight excluding hydrogens is 270 g/mol. The van der Waals surface area contributed by atoms with Gasteiger partial charge in [-0.05, 0) is 42.0 Å². The van der Waals surface area contributed by atoms with E-state index in [1.165, 1.54) is 12.5 Å². The van der Waals surface area contributed by atoms with Gasteiger partial charge in [0.15, 0.2) is 0 Å². The number of hydrogen-bond donors (Lipinski definition) is 1. The van der Waals surface area contributed by atoms with E-state index in [9.17, 15) is 4.79 Å². The van der Waals surface area contributed by atoms with Crippen molar-refractivity contribution >= 4 is 23.3 Å². The molecule has 0 spiro atoms. The maximum Gasteiger partial charge on any atom is 0.244 e. The highest BCUT2D eigenvalue weighted by Gasteiger charge is 2.36. The molecule has 1 fully saturated rings. The van der Waals surface area contributed by atoms with Crippen molar-refractivity contribution in [1.82, 2.24) is 5.32 Å². The van der Waals surface area contributed by atoms with Gasteiger partial charge >= 0.3 is 0 Å². The number of hydrogen-bond acceptors (Lipinski definition) is 3. The zero-order chi connectivity index (χ0) is 13.9. The second-order valence-corrected chi connectivity index (χ2v) is 6.22. The number of nitrogens with one attached hydrogen (secondary N) is 1. The summed E-state index contributed by atoms with van der Waals surface area (Å²) in [7, 11) is 0. The summed E-state index contributed by atoms with van der Waals surface area (Å²) in [6.07, 6.45) is 4.45. The van der Waals surface area contributed by atoms with Crippen molar-refractivity contribution in [2.45, 2.75) is 25.8 Å². The average molecular weight is 287 g/mol. The molecule has 2 atom stereocenters. The smallest absolute Gasteiger partial charge is 0.244 e. The molecule has 0 aromatic carbocycles. The first-order valence-electron chi connectivity index (χ1n) is 6.80. The number of carbonyl (C=O) groups is 1. The van der Waals surface area contributed by atoms with Crippen molar-refractivity contribution in [3.63, 3.8) is 0 Å². The van der Waals surface area contributed by atoms with Crippen molar-refractivity contribution in [1.29, 1.82) is 0 Å². The molecule has 2 unspecified atom stereocenters. The topological polar surface area (TPSA) is 42.2 Å². The highest BCUT2D eigenvalue weighted by atomic mass is 32.1. The quantitative estimate of drug-likeness (QED) is 0.850. The Morgan fingerprint density at radius 1 is 1.50 bits per heavy atom. The average Bonchev–Trinajstić information content (AvgIpc) is 2.92. The molecule has 1 aliphatic carbocycles. The van der Waals surface area contributed by atoms with Crippen LogP contribution in [0.15, 0.2) is 40.1 Å². The van der Waals surface area contributed by atoms with E-state index in [0.29, 0.717) is 12.5 Å². The van der Waals surface area contributed by atoms with E-state index in [1.54, 1.807) is 17.4 Å². The fraction of sp³-hybridized carbons (Fsp3) is 0.312. The van der Waals surface area contributed by atoms with Crippen LogP contribution in [0, 0.1) is 5.92 Å². The first kappa shape index (κ1) is 13.2. The van der Waals surface area contributed by atoms with Gasteiger partial charge in [-0.3, -0.25) is 4.79 Å². The molecule has 104 valence electrons. The van der Waals surface area contributed by atoms with E-state index in [-0.39, 0.29) is 5.91 Å². The highest BCUT2D eigenvalue weighted by molar-refractivity contribution is 7.09. The van der Waals surface area contributed by atoms with Gasteiger partial charge in [-0.2, -0.15) is 0 Å². The van der Waals surface area contributed by atoms with Crippen molar-refractivity contribution in [2.75, 3.05) is 0 Å². The van der Waals surface area contributed by atoms with Crippen LogP contribution in [0.1, 0.15) is 35.7 Å². The number of thiophene rings is 1. The van der Waals surface area contributed by atoms with Gasteiger partial charge in [0.05, 0.1) is 6.54 Å². The Hall–Kier alpha value is -1.81. The summed E-state index contributed by atoms with van der Waals surface area (Å²) in [5, 5.41) is 4.85. The molecule has 0 bridgehead atoms. The second kappa shape index (κ2) is 5.67. The largest absolute Gasteiger partial charge is 0.461 e. The summed E-state index contributed by atoms with van der Waals surface area (Å²) in [5.74, 6) is 2.98. The maximum atomic E-state index is 11.7. The normalized spacial score (nSPS) is 21.2. The van der Waals surface area contributed by atoms with Gasteiger partial charge < -0.3 is 9.73 Å². The van der Waals surface area contributed by atoms with Crippen LogP contribution in [0.3, 0.4) is 0 Å². The van der Waals surface area contributed by atoms with Crippen molar-refractivity contribution in [2.24, 2.45) is 5.92 Å². The first-order valence-corrected chi connectivity index (χ1v) is 7.68. The SMILES string of the molecule is CC1CC1c1ccc(/C=C/C(=O)NCc2cccs2)o1. The van der Waals surface area contributed by atoms with Crippen LogP contribution in [0.2, 0.25) is 0 Å². The Morgan fingerprint density at radius 3 is 3.05 bits per heavy atom. The van der Waals surface area contributed by atoms with Gasteiger partial charge in [0.2, 0.25) is 5.91 Å². The van der Waals surface area contributed by atoms with Crippen molar-refractivity contribution in [3.05, 3.63) is 52.1 Å². The van der Waals surface area contributed by atoms with Gasteiger partial charge in [0, 0.05) is 16.9 Å². The lowest BCUT2D eigenvalue weighted by molar-refractivity contribution is -0.116. The summed E-state index contributed by atoms with van der Waals surface area (Å²) < 4.78 is 5.71. The third kappa shape index (κ3) is 3.20. The molecule has 20 heavy (non-hydrogen) atoms. The van der Waals surface area contributed by atoms with Crippen LogP contribution in [0.5, 0.6) is 0 Å². The monoisotopic (exact) mass is 287 g/mol. The minimum Gasteiger partial charge on any atom is -0.461 e. The predicted octanol–water partition coefficient (Wildman–Crippen LogP) is 3.79. The van der Waals surface area contributed by atoms with Gasteiger partial charge in [-0.15, -0.1) is 11.3 Å². The van der Waals surface area contributed by atoms with Gasteiger partial charge in [-0.25, -0.2) is 0 Å². The molecule has 4 heteroatoms. The number of amides is 1. The van der Waals surface area contributed by atoms with E-state index >= 15 is 0 Å². The molecule has 0 saturated heterocycles. The lowest BCUT2D eigenvalue weighted by Gasteiger charge is -1.98. The Balaban J connectivity index is 1.51. The summed E-state index contributed by atoms with van der Waals surface area (Å²) in [6, 6.07) is 7.91. The Morgan fingerprint density at radius 2 is 2.35 bits per heavy atom. The first-order chi connectivity index (χ1) is 9.72. The summed E-state index contributed by atoms with van der Waals surface area (Å²) in [5.41, 5.74) is 0. The van der Waals surface area contributed by atoms with Crippen LogP contribution in [-0.2, 0) is 11.3 Å². The Bertz CT molecular complexity index is 612. The number of rotatable bonds is 5. The minimum atomic E-state index is -0.101. The molecule has 3 nitrogen and oxygen atoms in total. The summed E-state index contributed by atoms with van der Waals surface area (Å²) in [6.45, 7) is 2.80. The maximum absolute atomic E-state index is 11.7. The summed E-state index contributed by atoms with van der Waals surface area (Å²) in [4.78, 5) is 12.8. The van der Waals surface area contributed by atoms with Crippen LogP contribution < -0.4 is 5.32 Å².